The van der Waals surface area contributed by atoms with E-state index < -0.39 is 48.2 Å². The van der Waals surface area contributed by atoms with Crippen LogP contribution >= 0.6 is 0 Å². The lowest BCUT2D eigenvalue weighted by molar-refractivity contribution is -0.137. The number of hydrogen-bond acceptors (Lipinski definition) is 6. The molecule has 1 aliphatic carbocycles. The Labute approximate surface area is 159 Å². The van der Waals surface area contributed by atoms with Crippen LogP contribution in [0.3, 0.4) is 0 Å². The highest BCUT2D eigenvalue weighted by molar-refractivity contribution is 5.93. The van der Waals surface area contributed by atoms with Crippen LogP contribution in [0.4, 0.5) is 23.8 Å². The minimum absolute atomic E-state index is 0.0793. The van der Waals surface area contributed by atoms with Gasteiger partial charge in [0.15, 0.2) is 6.23 Å². The molecular weight excluding hydrogens is 383 g/mol. The average molecular weight is 405 g/mol. The van der Waals surface area contributed by atoms with Gasteiger partial charge in [-0.1, -0.05) is 0 Å². The molecule has 1 unspecified atom stereocenters. The number of pyridine rings is 1. The molecule has 11 heteroatoms. The van der Waals surface area contributed by atoms with E-state index in [2.05, 4.69) is 4.98 Å². The van der Waals surface area contributed by atoms with Crippen molar-refractivity contribution < 1.29 is 38.0 Å². The second kappa shape index (κ2) is 7.82. The Kier molecular flexibility index (Phi) is 5.80. The Morgan fingerprint density at radius 2 is 2.04 bits per heavy atom. The highest BCUT2D eigenvalue weighted by Crippen LogP contribution is 2.34. The number of carbonyl (C=O) groups is 1. The summed E-state index contributed by atoms with van der Waals surface area (Å²) in [4.78, 5) is 18.7. The van der Waals surface area contributed by atoms with Crippen LogP contribution in [0.5, 0.6) is 0 Å². The van der Waals surface area contributed by atoms with Gasteiger partial charge in [-0.3, -0.25) is 0 Å². The van der Waals surface area contributed by atoms with Crippen molar-refractivity contribution in [3.8, 4) is 0 Å². The molecule has 0 radical (unpaired) electrons. The minimum atomic E-state index is -4.58. The molecule has 0 bridgehead atoms. The summed E-state index contributed by atoms with van der Waals surface area (Å²) in [6, 6.07) is 1.03. The van der Waals surface area contributed by atoms with Crippen LogP contribution in [0, 0.1) is 5.92 Å². The van der Waals surface area contributed by atoms with Gasteiger partial charge < -0.3 is 25.0 Å². The second-order valence-corrected chi connectivity index (χ2v) is 7.12. The van der Waals surface area contributed by atoms with Crippen molar-refractivity contribution in [3.05, 3.63) is 23.9 Å². The minimum Gasteiger partial charge on any atom is -0.396 e. The molecule has 2 heterocycles. The fourth-order valence-electron chi connectivity index (χ4n) is 3.59. The Morgan fingerprint density at radius 3 is 2.68 bits per heavy atom. The molecule has 2 fully saturated rings. The maximum Gasteiger partial charge on any atom is 0.416 e. The number of likely N-dealkylation sites (N-methyl/N-ethyl adjacent to an activating group) is 1. The number of urea groups is 1. The van der Waals surface area contributed by atoms with Gasteiger partial charge in [-0.05, 0) is 18.6 Å². The zero-order chi connectivity index (χ0) is 20.6. The van der Waals surface area contributed by atoms with E-state index in [0.717, 1.165) is 23.2 Å². The molecule has 1 saturated carbocycles. The van der Waals surface area contributed by atoms with Crippen LogP contribution in [-0.4, -0.2) is 76.0 Å². The maximum atomic E-state index is 13.0. The zero-order valence-electron chi connectivity index (χ0n) is 15.1. The van der Waals surface area contributed by atoms with Gasteiger partial charge in [0.25, 0.3) is 0 Å². The van der Waals surface area contributed by atoms with Crippen molar-refractivity contribution >= 4 is 11.8 Å². The van der Waals surface area contributed by atoms with E-state index in [4.69, 9.17) is 4.74 Å². The molecule has 2 aliphatic rings. The number of aliphatic hydroxyl groups excluding tert-OH is 3. The second-order valence-electron chi connectivity index (χ2n) is 7.12. The number of aliphatic hydroxyl groups is 3. The van der Waals surface area contributed by atoms with Crippen molar-refractivity contribution in [2.45, 2.75) is 43.6 Å². The lowest BCUT2D eigenvalue weighted by Crippen LogP contribution is -2.48. The monoisotopic (exact) mass is 405 g/mol. The highest BCUT2D eigenvalue weighted by atomic mass is 19.4. The van der Waals surface area contributed by atoms with Crippen LogP contribution in [0.2, 0.25) is 0 Å². The number of carbonyl (C=O) groups excluding carboxylic acids is 1. The number of alkyl halides is 3. The molecule has 1 aromatic heterocycles. The van der Waals surface area contributed by atoms with Crippen molar-refractivity contribution in [3.63, 3.8) is 0 Å². The number of nitrogens with zero attached hydrogens (tertiary/aromatic N) is 3. The predicted octanol–water partition coefficient (Wildman–Crippen LogP) is 0.808. The predicted molar refractivity (Wildman–Crippen MR) is 90.2 cm³/mol. The third-order valence-corrected chi connectivity index (χ3v) is 5.10. The van der Waals surface area contributed by atoms with Gasteiger partial charge in [0.1, 0.15) is 5.82 Å². The summed E-state index contributed by atoms with van der Waals surface area (Å²) in [5, 5.41) is 29.2. The van der Waals surface area contributed by atoms with E-state index in [1.165, 1.54) is 11.9 Å². The smallest absolute Gasteiger partial charge is 0.396 e. The van der Waals surface area contributed by atoms with Gasteiger partial charge >= 0.3 is 12.2 Å². The lowest BCUT2D eigenvalue weighted by atomic mass is 9.83. The average Bonchev–Trinajstić information content (AvgIpc) is 2.91. The third-order valence-electron chi connectivity index (χ3n) is 5.10. The Balaban J connectivity index is 1.82. The lowest BCUT2D eigenvalue weighted by Gasteiger charge is -2.37. The molecular formula is C17H22F3N3O5. The van der Waals surface area contributed by atoms with Crippen LogP contribution < -0.4 is 4.90 Å². The van der Waals surface area contributed by atoms with Crippen LogP contribution in [0.25, 0.3) is 0 Å². The Morgan fingerprint density at radius 1 is 1.32 bits per heavy atom. The first kappa shape index (κ1) is 20.8. The van der Waals surface area contributed by atoms with Crippen molar-refractivity contribution in [2.24, 2.45) is 5.92 Å². The number of rotatable bonds is 4. The zero-order valence-corrected chi connectivity index (χ0v) is 15.1. The molecule has 1 aromatic rings. The first-order valence-electron chi connectivity index (χ1n) is 8.81. The van der Waals surface area contributed by atoms with Gasteiger partial charge in [0.05, 0.1) is 30.4 Å². The topological polar surface area (TPSA) is 106 Å². The van der Waals surface area contributed by atoms with Crippen molar-refractivity contribution in [1.29, 1.82) is 0 Å². The van der Waals surface area contributed by atoms with E-state index >= 15 is 0 Å². The third kappa shape index (κ3) is 4.07. The number of anilines is 1. The van der Waals surface area contributed by atoms with E-state index in [1.54, 1.807) is 0 Å². The highest BCUT2D eigenvalue weighted by Gasteiger charge is 2.43. The van der Waals surface area contributed by atoms with Gasteiger partial charge in [0, 0.05) is 32.2 Å². The maximum absolute atomic E-state index is 13.0. The summed E-state index contributed by atoms with van der Waals surface area (Å²) in [5.74, 6) is -0.784. The molecule has 0 spiro atoms. The van der Waals surface area contributed by atoms with Gasteiger partial charge in [-0.25, -0.2) is 14.7 Å². The molecule has 3 N–H and O–H groups in total. The number of amides is 2. The summed E-state index contributed by atoms with van der Waals surface area (Å²) >= 11 is 0. The van der Waals surface area contributed by atoms with Crippen LogP contribution in [-0.2, 0) is 10.9 Å². The SMILES string of the molecule is CN1C[C@@H](OC2C[C@H](CO)[C@@H](O)[C@H](O)C2)N(c2cc(C(F)(F)F)ccn2)C1=O. The summed E-state index contributed by atoms with van der Waals surface area (Å²) in [7, 11) is 1.49. The fourth-order valence-corrected chi connectivity index (χ4v) is 3.59. The quantitative estimate of drug-likeness (QED) is 0.685. The largest absolute Gasteiger partial charge is 0.416 e. The van der Waals surface area contributed by atoms with Crippen molar-refractivity contribution in [2.75, 3.05) is 25.1 Å². The summed E-state index contributed by atoms with van der Waals surface area (Å²) in [6.07, 6.45) is -6.98. The first-order valence-corrected chi connectivity index (χ1v) is 8.81. The standard InChI is InChI=1S/C17H22F3N3O5/c1-22-7-14(28-11-4-9(8-24)15(26)12(25)6-11)23(16(22)27)13-5-10(2-3-21-13)17(18,19)20/h2-3,5,9,11-12,14-15,24-26H,4,6-8H2,1H3/t9-,11?,12-,14-,15-/m1/s1. The number of hydrogen-bond donors (Lipinski definition) is 3. The van der Waals surface area contributed by atoms with E-state index in [-0.39, 0.29) is 31.8 Å². The molecule has 3 rings (SSSR count). The van der Waals surface area contributed by atoms with E-state index in [9.17, 15) is 33.3 Å². The number of halogens is 3. The molecule has 2 amide bonds. The molecule has 5 atom stereocenters. The molecule has 28 heavy (non-hydrogen) atoms. The first-order chi connectivity index (χ1) is 13.1. The van der Waals surface area contributed by atoms with Gasteiger partial charge in [-0.2, -0.15) is 13.2 Å². The summed E-state index contributed by atoms with van der Waals surface area (Å²) in [6.45, 7) is -0.254. The fraction of sp³-hybridized carbons (Fsp3) is 0.647. The Hall–Kier alpha value is -1.95. The molecule has 8 nitrogen and oxygen atoms in total. The number of ether oxygens (including phenoxy) is 1. The molecule has 0 aromatic carbocycles. The molecule has 1 aliphatic heterocycles. The summed E-state index contributed by atoms with van der Waals surface area (Å²) in [5.41, 5.74) is -0.935. The number of aromatic nitrogens is 1. The van der Waals surface area contributed by atoms with Gasteiger partial charge in [-0.15, -0.1) is 0 Å². The van der Waals surface area contributed by atoms with Crippen LogP contribution in [0.15, 0.2) is 18.3 Å². The van der Waals surface area contributed by atoms with E-state index in [0.29, 0.717) is 0 Å². The van der Waals surface area contributed by atoms with Gasteiger partial charge in [0.2, 0.25) is 0 Å². The van der Waals surface area contributed by atoms with E-state index in [1.807, 2.05) is 0 Å². The molecule has 156 valence electrons. The Bertz CT molecular complexity index is 720. The summed E-state index contributed by atoms with van der Waals surface area (Å²) < 4.78 is 44.9. The molecule has 1 saturated heterocycles. The van der Waals surface area contributed by atoms with Crippen molar-refractivity contribution in [1.82, 2.24) is 9.88 Å². The normalized spacial score (nSPS) is 31.5. The van der Waals surface area contributed by atoms with Crippen LogP contribution in [0.1, 0.15) is 18.4 Å².